The lowest BCUT2D eigenvalue weighted by Gasteiger charge is -1.82. The van der Waals surface area contributed by atoms with Gasteiger partial charge in [-0.2, -0.15) is 0 Å². The number of carboxylic acids is 1. The smallest absolute Gasteiger partial charge is 0.321 e. The first-order valence-electron chi connectivity index (χ1n) is 4.56. The van der Waals surface area contributed by atoms with Crippen LogP contribution in [0.3, 0.4) is 0 Å². The number of carbonyl (C=O) groups excluding carboxylic acids is 2. The molecule has 0 spiro atoms. The summed E-state index contributed by atoms with van der Waals surface area (Å²) in [5.41, 5.74) is 0. The maximum atomic E-state index is 10.1. The van der Waals surface area contributed by atoms with Crippen LogP contribution in [0.15, 0.2) is 0 Å². The Labute approximate surface area is 100 Å². The Kier molecular flexibility index (Phi) is 4.52. The van der Waals surface area contributed by atoms with E-state index in [0.717, 1.165) is 5.01 Å². The normalized spacial score (nSPS) is 13.5. The molecule has 2 rings (SSSR count). The summed E-state index contributed by atoms with van der Waals surface area (Å²) < 4.78 is 0. The first kappa shape index (κ1) is 13.0. The van der Waals surface area contributed by atoms with Crippen LogP contribution in [0.1, 0.15) is 10.0 Å². The SMILES string of the molecule is Cc1nnc(CC(=O)O)s1.O=C1CNC(=O)N1. The molecule has 0 bridgehead atoms. The van der Waals surface area contributed by atoms with Crippen molar-refractivity contribution in [2.24, 2.45) is 0 Å². The number of carboxylic acid groups (broad SMARTS) is 1. The molecule has 1 saturated heterocycles. The molecule has 0 unspecified atom stereocenters. The standard InChI is InChI=1S/C5H6N2O2S.C3H4N2O2/c1-3-6-7-4(10-3)2-5(8)9;6-2-1-4-3(7)5-2/h2H2,1H3,(H,8,9);1H2,(H2,4,5,6,7). The second-order valence-corrected chi connectivity index (χ2v) is 4.28. The molecule has 9 heteroatoms. The molecule has 0 saturated carbocycles. The molecule has 1 aromatic rings. The minimum Gasteiger partial charge on any atom is -0.481 e. The minimum absolute atomic E-state index is 0.0223. The van der Waals surface area contributed by atoms with Gasteiger partial charge < -0.3 is 10.4 Å². The number of nitrogens with one attached hydrogen (secondary N) is 2. The molecule has 0 atom stereocenters. The largest absolute Gasteiger partial charge is 0.481 e. The average molecular weight is 258 g/mol. The highest BCUT2D eigenvalue weighted by Crippen LogP contribution is 2.07. The lowest BCUT2D eigenvalue weighted by molar-refractivity contribution is -0.136. The fourth-order valence-electron chi connectivity index (χ4n) is 0.914. The number of aryl methyl sites for hydroxylation is 1. The molecular formula is C8H10N4O4S. The zero-order chi connectivity index (χ0) is 12.8. The molecule has 1 aliphatic heterocycles. The number of nitrogens with zero attached hydrogens (tertiary/aromatic N) is 2. The van der Waals surface area contributed by atoms with E-state index in [9.17, 15) is 14.4 Å². The van der Waals surface area contributed by atoms with Crippen molar-refractivity contribution in [3.8, 4) is 0 Å². The van der Waals surface area contributed by atoms with Crippen molar-refractivity contribution in [2.75, 3.05) is 6.54 Å². The molecule has 3 amide bonds. The summed E-state index contributed by atoms with van der Waals surface area (Å²) in [7, 11) is 0. The van der Waals surface area contributed by atoms with Crippen LogP contribution in [0, 0.1) is 6.92 Å². The van der Waals surface area contributed by atoms with Gasteiger partial charge in [-0.15, -0.1) is 21.5 Å². The zero-order valence-corrected chi connectivity index (χ0v) is 9.71. The van der Waals surface area contributed by atoms with Crippen LogP contribution in [0.25, 0.3) is 0 Å². The Bertz CT molecular complexity index is 430. The maximum Gasteiger partial charge on any atom is 0.321 e. The Hall–Kier alpha value is -2.03. The van der Waals surface area contributed by atoms with E-state index in [0.29, 0.717) is 5.01 Å². The van der Waals surface area contributed by atoms with Crippen LogP contribution >= 0.6 is 11.3 Å². The molecular weight excluding hydrogens is 248 g/mol. The number of hydrogen-bond donors (Lipinski definition) is 3. The van der Waals surface area contributed by atoms with Gasteiger partial charge in [0.2, 0.25) is 5.91 Å². The summed E-state index contributed by atoms with van der Waals surface area (Å²) in [6, 6.07) is -0.398. The maximum absolute atomic E-state index is 10.1. The van der Waals surface area contributed by atoms with E-state index < -0.39 is 12.0 Å². The minimum atomic E-state index is -0.865. The molecule has 3 N–H and O–H groups in total. The second kappa shape index (κ2) is 5.89. The highest BCUT2D eigenvalue weighted by Gasteiger charge is 2.14. The molecule has 0 radical (unpaired) electrons. The van der Waals surface area contributed by atoms with Gasteiger partial charge in [0.05, 0.1) is 13.0 Å². The van der Waals surface area contributed by atoms with Gasteiger partial charge in [-0.05, 0) is 6.92 Å². The van der Waals surface area contributed by atoms with Crippen molar-refractivity contribution in [2.45, 2.75) is 13.3 Å². The van der Waals surface area contributed by atoms with E-state index >= 15 is 0 Å². The predicted octanol–water partition coefficient (Wildman–Crippen LogP) is -0.701. The lowest BCUT2D eigenvalue weighted by atomic mass is 10.5. The summed E-state index contributed by atoms with van der Waals surface area (Å²) in [6.45, 7) is 1.92. The van der Waals surface area contributed by atoms with Crippen LogP contribution in [0.2, 0.25) is 0 Å². The van der Waals surface area contributed by atoms with Crippen molar-refractivity contribution in [3.05, 3.63) is 10.0 Å². The van der Waals surface area contributed by atoms with Gasteiger partial charge in [0.15, 0.2) is 0 Å². The monoisotopic (exact) mass is 258 g/mol. The Morgan fingerprint density at radius 3 is 2.47 bits per heavy atom. The van der Waals surface area contributed by atoms with Crippen molar-refractivity contribution in [1.82, 2.24) is 20.8 Å². The summed E-state index contributed by atoms with van der Waals surface area (Å²) in [4.78, 5) is 30.2. The molecule has 0 aliphatic carbocycles. The van der Waals surface area contributed by atoms with Crippen LogP contribution in [0.5, 0.6) is 0 Å². The third-order valence-corrected chi connectivity index (χ3v) is 2.37. The van der Waals surface area contributed by atoms with E-state index in [2.05, 4.69) is 15.5 Å². The van der Waals surface area contributed by atoms with E-state index in [4.69, 9.17) is 5.11 Å². The number of hydrogen-bond acceptors (Lipinski definition) is 6. The summed E-state index contributed by atoms with van der Waals surface area (Å²) in [5, 5.41) is 21.3. The third-order valence-electron chi connectivity index (χ3n) is 1.53. The van der Waals surface area contributed by atoms with Crippen molar-refractivity contribution < 1.29 is 19.5 Å². The summed E-state index contributed by atoms with van der Waals surface area (Å²) in [6.07, 6.45) is -0.0223. The number of rotatable bonds is 2. The number of imide groups is 1. The molecule has 92 valence electrons. The van der Waals surface area contributed by atoms with Crippen LogP contribution in [-0.4, -0.2) is 39.8 Å². The molecule has 17 heavy (non-hydrogen) atoms. The number of amides is 3. The number of aliphatic carboxylic acids is 1. The summed E-state index contributed by atoms with van der Waals surface area (Å²) in [5.74, 6) is -1.12. The fraction of sp³-hybridized carbons (Fsp3) is 0.375. The first-order chi connectivity index (χ1) is 7.97. The summed E-state index contributed by atoms with van der Waals surface area (Å²) >= 11 is 1.31. The zero-order valence-electron chi connectivity index (χ0n) is 8.89. The van der Waals surface area contributed by atoms with Gasteiger partial charge in [-0.3, -0.25) is 14.9 Å². The number of aromatic nitrogens is 2. The van der Waals surface area contributed by atoms with Crippen LogP contribution < -0.4 is 10.6 Å². The van der Waals surface area contributed by atoms with E-state index in [1.54, 1.807) is 6.92 Å². The molecule has 2 heterocycles. The van der Waals surface area contributed by atoms with E-state index in [-0.39, 0.29) is 18.9 Å². The Balaban J connectivity index is 0.000000181. The predicted molar refractivity (Wildman–Crippen MR) is 57.5 cm³/mol. The van der Waals surface area contributed by atoms with Gasteiger partial charge in [-0.25, -0.2) is 4.79 Å². The van der Waals surface area contributed by atoms with Crippen LogP contribution in [-0.2, 0) is 16.0 Å². The van der Waals surface area contributed by atoms with Crippen molar-refractivity contribution in [3.63, 3.8) is 0 Å². The van der Waals surface area contributed by atoms with Crippen molar-refractivity contribution >= 4 is 29.2 Å². The van der Waals surface area contributed by atoms with Crippen molar-refractivity contribution in [1.29, 1.82) is 0 Å². The number of urea groups is 1. The van der Waals surface area contributed by atoms with Crippen LogP contribution in [0.4, 0.5) is 4.79 Å². The molecule has 8 nitrogen and oxygen atoms in total. The topological polar surface area (TPSA) is 121 Å². The molecule has 1 aliphatic rings. The van der Waals surface area contributed by atoms with Gasteiger partial charge in [0.25, 0.3) is 0 Å². The Morgan fingerprint density at radius 2 is 2.18 bits per heavy atom. The van der Waals surface area contributed by atoms with E-state index in [1.807, 2.05) is 5.32 Å². The highest BCUT2D eigenvalue weighted by atomic mass is 32.1. The van der Waals surface area contributed by atoms with Gasteiger partial charge in [0.1, 0.15) is 10.0 Å². The lowest BCUT2D eigenvalue weighted by Crippen LogP contribution is -2.22. The molecule has 1 fully saturated rings. The number of carbonyl (C=O) groups is 3. The molecule has 0 aromatic carbocycles. The van der Waals surface area contributed by atoms with E-state index in [1.165, 1.54) is 11.3 Å². The third kappa shape index (κ3) is 5.02. The Morgan fingerprint density at radius 1 is 1.47 bits per heavy atom. The average Bonchev–Trinajstić information content (AvgIpc) is 2.76. The van der Waals surface area contributed by atoms with Gasteiger partial charge in [-0.1, -0.05) is 0 Å². The second-order valence-electron chi connectivity index (χ2n) is 3.02. The first-order valence-corrected chi connectivity index (χ1v) is 5.37. The van der Waals surface area contributed by atoms with Gasteiger partial charge >= 0.3 is 12.0 Å². The molecule has 1 aromatic heterocycles. The van der Waals surface area contributed by atoms with Gasteiger partial charge in [0, 0.05) is 0 Å². The highest BCUT2D eigenvalue weighted by molar-refractivity contribution is 7.11. The quantitative estimate of drug-likeness (QED) is 0.603. The fourth-order valence-corrected chi connectivity index (χ4v) is 1.61.